The molecule has 41 heavy (non-hydrogen) atoms. The van der Waals surface area contributed by atoms with E-state index in [4.69, 9.17) is 18.5 Å². The van der Waals surface area contributed by atoms with Gasteiger partial charge in [0.25, 0.3) is 0 Å². The summed E-state index contributed by atoms with van der Waals surface area (Å²) in [6.07, 6.45) is 1.49. The SMILES string of the molecule is CCC(=O)Oc1ccc(C(=O)CCCc2ccc(OP(=O)([O-])Oc3cc(C)cc(C)c3)cc2)c(OC(=O)CC)c1.[Na+]. The normalized spacial score (nSPS) is 11.9. The fourth-order valence-electron chi connectivity index (χ4n) is 3.85. The van der Waals surface area contributed by atoms with Gasteiger partial charge in [0.15, 0.2) is 5.78 Å². The largest absolute Gasteiger partial charge is 1.00 e. The van der Waals surface area contributed by atoms with Crippen LogP contribution in [0.3, 0.4) is 0 Å². The molecule has 0 saturated heterocycles. The third-order valence-corrected chi connectivity index (χ3v) is 6.58. The van der Waals surface area contributed by atoms with E-state index >= 15 is 0 Å². The van der Waals surface area contributed by atoms with Crippen molar-refractivity contribution in [3.05, 3.63) is 82.9 Å². The van der Waals surface area contributed by atoms with Gasteiger partial charge in [-0.25, -0.2) is 4.57 Å². The van der Waals surface area contributed by atoms with Gasteiger partial charge in [0, 0.05) is 25.3 Å². The summed E-state index contributed by atoms with van der Waals surface area (Å²) in [5.74, 6) is -0.678. The minimum atomic E-state index is -4.65. The average Bonchev–Trinajstić information content (AvgIpc) is 2.88. The van der Waals surface area contributed by atoms with Gasteiger partial charge in [0.1, 0.15) is 23.0 Å². The first kappa shape index (κ1) is 34.3. The molecular formula is C30H32NaO9P. The molecule has 0 heterocycles. The number of phosphoric ester groups is 1. The Morgan fingerprint density at radius 3 is 1.93 bits per heavy atom. The third kappa shape index (κ3) is 11.1. The van der Waals surface area contributed by atoms with E-state index in [2.05, 4.69) is 0 Å². The van der Waals surface area contributed by atoms with Crippen LogP contribution in [0, 0.1) is 13.8 Å². The number of ether oxygens (including phenoxy) is 2. The fourth-order valence-corrected chi connectivity index (χ4v) is 4.63. The van der Waals surface area contributed by atoms with Gasteiger partial charge >= 0.3 is 49.3 Å². The maximum atomic E-state index is 12.9. The van der Waals surface area contributed by atoms with Crippen LogP contribution in [0.2, 0.25) is 0 Å². The zero-order chi connectivity index (χ0) is 29.3. The molecule has 0 amide bonds. The van der Waals surface area contributed by atoms with Crippen LogP contribution in [-0.2, 0) is 20.6 Å². The standard InChI is InChI=1S/C30H33O9P.Na/c1-5-29(32)36-24-14-15-26(28(19-24)37-30(33)6-2)27(31)9-7-8-22-10-12-23(13-11-22)38-40(34,35)39-25-17-20(3)16-21(4)18-25;/h10-19H,5-9H2,1-4H3,(H,34,35);/q;+1/p-1. The Morgan fingerprint density at radius 2 is 1.32 bits per heavy atom. The first-order valence-corrected chi connectivity index (χ1v) is 14.4. The number of aryl methyl sites for hydroxylation is 3. The van der Waals surface area contributed by atoms with Crippen LogP contribution in [0.5, 0.6) is 23.0 Å². The molecule has 11 heteroatoms. The minimum Gasteiger partial charge on any atom is -0.736 e. The van der Waals surface area contributed by atoms with Crippen molar-refractivity contribution in [3.63, 3.8) is 0 Å². The Bertz CT molecular complexity index is 1400. The molecule has 0 N–H and O–H groups in total. The number of carbonyl (C=O) groups excluding carboxylic acids is 3. The number of phosphoric acid groups is 1. The van der Waals surface area contributed by atoms with Crippen LogP contribution in [0.1, 0.15) is 66.6 Å². The third-order valence-electron chi connectivity index (χ3n) is 5.71. The van der Waals surface area contributed by atoms with E-state index < -0.39 is 19.8 Å². The Labute approximate surface area is 262 Å². The first-order valence-electron chi connectivity index (χ1n) is 12.9. The summed E-state index contributed by atoms with van der Waals surface area (Å²) in [6, 6.07) is 15.9. The molecule has 1 unspecified atom stereocenters. The van der Waals surface area contributed by atoms with E-state index in [-0.39, 0.29) is 83.2 Å². The number of esters is 2. The monoisotopic (exact) mass is 590 g/mol. The van der Waals surface area contributed by atoms with E-state index in [1.54, 1.807) is 38.1 Å². The van der Waals surface area contributed by atoms with Crippen molar-refractivity contribution in [3.8, 4) is 23.0 Å². The van der Waals surface area contributed by atoms with Crippen LogP contribution < -0.4 is 53.0 Å². The topological polar surface area (TPSA) is 128 Å². The zero-order valence-corrected chi connectivity index (χ0v) is 26.8. The molecule has 3 rings (SSSR count). The van der Waals surface area contributed by atoms with Crippen LogP contribution >= 0.6 is 7.82 Å². The summed E-state index contributed by atoms with van der Waals surface area (Å²) < 4.78 is 33.0. The smallest absolute Gasteiger partial charge is 0.736 e. The Balaban J connectivity index is 0.00000588. The molecule has 212 valence electrons. The van der Waals surface area contributed by atoms with E-state index in [0.717, 1.165) is 16.7 Å². The van der Waals surface area contributed by atoms with E-state index in [1.807, 2.05) is 19.9 Å². The molecule has 0 spiro atoms. The van der Waals surface area contributed by atoms with Gasteiger partial charge in [0.05, 0.1) is 5.56 Å². The van der Waals surface area contributed by atoms with Gasteiger partial charge in [0.2, 0.25) is 0 Å². The molecule has 3 aromatic rings. The maximum absolute atomic E-state index is 12.9. The maximum Gasteiger partial charge on any atom is 1.00 e. The van der Waals surface area contributed by atoms with Crippen molar-refractivity contribution in [1.82, 2.24) is 0 Å². The van der Waals surface area contributed by atoms with Gasteiger partial charge in [-0.3, -0.25) is 14.4 Å². The average molecular weight is 591 g/mol. The summed E-state index contributed by atoms with van der Waals surface area (Å²) in [7, 11) is -4.65. The molecule has 3 aromatic carbocycles. The van der Waals surface area contributed by atoms with Crippen molar-refractivity contribution < 1.29 is 71.9 Å². The molecule has 0 radical (unpaired) electrons. The molecular weight excluding hydrogens is 558 g/mol. The summed E-state index contributed by atoms with van der Waals surface area (Å²) >= 11 is 0. The van der Waals surface area contributed by atoms with Crippen LogP contribution in [-0.4, -0.2) is 17.7 Å². The number of hydrogen-bond donors (Lipinski definition) is 0. The van der Waals surface area contributed by atoms with Crippen LogP contribution in [0.15, 0.2) is 60.7 Å². The van der Waals surface area contributed by atoms with E-state index in [9.17, 15) is 23.8 Å². The van der Waals surface area contributed by atoms with Crippen LogP contribution in [0.4, 0.5) is 0 Å². The second-order valence-electron chi connectivity index (χ2n) is 9.19. The summed E-state index contributed by atoms with van der Waals surface area (Å²) in [6.45, 7) is 6.97. The molecule has 0 bridgehead atoms. The predicted molar refractivity (Wildman–Crippen MR) is 147 cm³/mol. The Morgan fingerprint density at radius 1 is 0.756 bits per heavy atom. The molecule has 1 atom stereocenters. The Hall–Kier alpha value is -2.94. The van der Waals surface area contributed by atoms with Crippen molar-refractivity contribution in [2.24, 2.45) is 0 Å². The van der Waals surface area contributed by atoms with Gasteiger partial charge < -0.3 is 23.4 Å². The number of carbonyl (C=O) groups is 3. The van der Waals surface area contributed by atoms with E-state index in [0.29, 0.717) is 12.8 Å². The van der Waals surface area contributed by atoms with Gasteiger partial charge in [-0.1, -0.05) is 32.0 Å². The number of Topliss-reactive ketones (excluding diaryl/α,β-unsaturated/α-hetero) is 1. The molecule has 0 aliphatic heterocycles. The molecule has 0 aromatic heterocycles. The summed E-state index contributed by atoms with van der Waals surface area (Å²) in [5.41, 5.74) is 2.82. The molecule has 0 aliphatic carbocycles. The quantitative estimate of drug-likeness (QED) is 0.0970. The van der Waals surface area contributed by atoms with Gasteiger partial charge in [-0.05, 0) is 79.8 Å². The van der Waals surface area contributed by atoms with Crippen molar-refractivity contribution in [2.75, 3.05) is 0 Å². The number of ketones is 1. The van der Waals surface area contributed by atoms with Crippen molar-refractivity contribution >= 4 is 25.5 Å². The minimum absolute atomic E-state index is 0. The number of benzene rings is 3. The second kappa shape index (κ2) is 15.9. The fraction of sp³-hybridized carbons (Fsp3) is 0.300. The van der Waals surface area contributed by atoms with Crippen molar-refractivity contribution in [1.29, 1.82) is 0 Å². The molecule has 0 aliphatic rings. The second-order valence-corrected chi connectivity index (χ2v) is 10.4. The van der Waals surface area contributed by atoms with E-state index in [1.165, 1.54) is 30.3 Å². The van der Waals surface area contributed by atoms with Gasteiger partial charge in [-0.15, -0.1) is 0 Å². The Kier molecular flexibility index (Phi) is 13.3. The molecule has 9 nitrogen and oxygen atoms in total. The van der Waals surface area contributed by atoms with Crippen molar-refractivity contribution in [2.45, 2.75) is 59.8 Å². The summed E-state index contributed by atoms with van der Waals surface area (Å²) in [4.78, 5) is 48.8. The number of hydrogen-bond acceptors (Lipinski definition) is 9. The summed E-state index contributed by atoms with van der Waals surface area (Å²) in [5, 5.41) is 0. The predicted octanol–water partition coefficient (Wildman–Crippen LogP) is 3.07. The zero-order valence-electron chi connectivity index (χ0n) is 23.9. The first-order chi connectivity index (χ1) is 19.0. The number of rotatable bonds is 13. The van der Waals surface area contributed by atoms with Crippen LogP contribution in [0.25, 0.3) is 0 Å². The molecule has 0 saturated carbocycles. The van der Waals surface area contributed by atoms with Gasteiger partial charge in [-0.2, -0.15) is 0 Å². The molecule has 0 fully saturated rings.